The Kier molecular flexibility index (Phi) is 10.6. The first-order chi connectivity index (χ1) is 5.09. The van der Waals surface area contributed by atoms with Crippen LogP contribution < -0.4 is 5.32 Å². The van der Waals surface area contributed by atoms with Crippen molar-refractivity contribution < 1.29 is 14.6 Å². The highest BCUT2D eigenvalue weighted by molar-refractivity contribution is 5.91. The minimum absolute atomic E-state index is 0.312. The Balaban J connectivity index is 0. The summed E-state index contributed by atoms with van der Waals surface area (Å²) in [5, 5.41) is 10.3. The van der Waals surface area contributed by atoms with Gasteiger partial charge in [-0.1, -0.05) is 6.58 Å². The number of aliphatic hydroxyl groups is 1. The van der Waals surface area contributed by atoms with Gasteiger partial charge in [0.05, 0.1) is 0 Å². The van der Waals surface area contributed by atoms with E-state index in [2.05, 4.69) is 16.6 Å². The van der Waals surface area contributed by atoms with Crippen LogP contribution in [0.1, 0.15) is 6.92 Å². The van der Waals surface area contributed by atoms with Gasteiger partial charge in [-0.3, -0.25) is 4.79 Å². The van der Waals surface area contributed by atoms with Crippen molar-refractivity contribution in [3.8, 4) is 0 Å². The summed E-state index contributed by atoms with van der Waals surface area (Å²) in [4.78, 5) is 10.4. The molecule has 0 rings (SSSR count). The average molecular weight is 161 g/mol. The molecule has 0 spiro atoms. The van der Waals surface area contributed by atoms with Gasteiger partial charge in [-0.15, -0.1) is 0 Å². The van der Waals surface area contributed by atoms with Crippen molar-refractivity contribution in [1.29, 1.82) is 0 Å². The molecule has 1 amide bonds. The highest BCUT2D eigenvalue weighted by Crippen LogP contribution is 1.82. The van der Waals surface area contributed by atoms with Crippen molar-refractivity contribution in [3.05, 3.63) is 12.2 Å². The molecule has 0 aromatic carbocycles. The maximum absolute atomic E-state index is 10.4. The number of nitrogens with one attached hydrogen (secondary N) is 1. The van der Waals surface area contributed by atoms with Gasteiger partial charge in [0.25, 0.3) is 0 Å². The molecule has 0 radical (unpaired) electrons. The van der Waals surface area contributed by atoms with Crippen molar-refractivity contribution in [2.75, 3.05) is 21.0 Å². The van der Waals surface area contributed by atoms with E-state index in [1.165, 1.54) is 0 Å². The van der Waals surface area contributed by atoms with Gasteiger partial charge in [-0.25, -0.2) is 0 Å². The molecule has 0 aliphatic heterocycles. The summed E-state index contributed by atoms with van der Waals surface area (Å²) in [5.74, 6) is -0.312. The van der Waals surface area contributed by atoms with Gasteiger partial charge in [0.15, 0.2) is 0 Å². The first kappa shape index (κ1) is 12.8. The molecule has 0 heterocycles. The molecule has 0 atom stereocenters. The predicted octanol–water partition coefficient (Wildman–Crippen LogP) is -0.109. The SMILES string of the molecule is C=C(C)C(=O)NCO.COC. The lowest BCUT2D eigenvalue weighted by Crippen LogP contribution is -2.24. The summed E-state index contributed by atoms with van der Waals surface area (Å²) in [7, 11) is 3.25. The smallest absolute Gasteiger partial charge is 0.248 e. The third-order valence-corrected chi connectivity index (χ3v) is 0.627. The Morgan fingerprint density at radius 1 is 1.64 bits per heavy atom. The van der Waals surface area contributed by atoms with Gasteiger partial charge >= 0.3 is 0 Å². The molecular weight excluding hydrogens is 146 g/mol. The summed E-state index contributed by atoms with van der Waals surface area (Å²) in [5.41, 5.74) is 0.402. The number of carbonyl (C=O) groups is 1. The van der Waals surface area contributed by atoms with E-state index in [0.29, 0.717) is 5.57 Å². The zero-order chi connectivity index (χ0) is 9.28. The monoisotopic (exact) mass is 161 g/mol. The Morgan fingerprint density at radius 2 is 2.00 bits per heavy atom. The number of carbonyl (C=O) groups excluding carboxylic acids is 1. The normalized spacial score (nSPS) is 7.64. The lowest BCUT2D eigenvalue weighted by atomic mass is 10.3. The molecule has 0 unspecified atom stereocenters. The maximum atomic E-state index is 10.4. The Hall–Kier alpha value is -0.870. The zero-order valence-electron chi connectivity index (χ0n) is 7.18. The largest absolute Gasteiger partial charge is 0.388 e. The van der Waals surface area contributed by atoms with Crippen LogP contribution in [0.25, 0.3) is 0 Å². The average Bonchev–Trinajstić information content (AvgIpc) is 1.90. The first-order valence-corrected chi connectivity index (χ1v) is 3.04. The number of hydrogen-bond acceptors (Lipinski definition) is 3. The molecule has 0 saturated heterocycles. The second kappa shape index (κ2) is 9.13. The quantitative estimate of drug-likeness (QED) is 0.439. The van der Waals surface area contributed by atoms with Crippen LogP contribution in [0.15, 0.2) is 12.2 Å². The number of ether oxygens (including phenoxy) is 1. The molecule has 4 nitrogen and oxygen atoms in total. The molecule has 0 aromatic heterocycles. The maximum Gasteiger partial charge on any atom is 0.248 e. The van der Waals surface area contributed by atoms with E-state index in [4.69, 9.17) is 5.11 Å². The van der Waals surface area contributed by atoms with Gasteiger partial charge < -0.3 is 15.2 Å². The molecular formula is C7H15NO3. The lowest BCUT2D eigenvalue weighted by Gasteiger charge is -1.96. The van der Waals surface area contributed by atoms with Crippen molar-refractivity contribution in [1.82, 2.24) is 5.32 Å². The first-order valence-electron chi connectivity index (χ1n) is 3.04. The Labute approximate surface area is 66.9 Å². The summed E-state index contributed by atoms with van der Waals surface area (Å²) < 4.78 is 4.25. The summed E-state index contributed by atoms with van der Waals surface area (Å²) in [6.07, 6.45) is 0. The molecule has 2 N–H and O–H groups in total. The van der Waals surface area contributed by atoms with E-state index >= 15 is 0 Å². The van der Waals surface area contributed by atoms with Gasteiger partial charge in [0.1, 0.15) is 6.73 Å². The molecule has 0 saturated carbocycles. The number of aliphatic hydroxyl groups excluding tert-OH is 1. The van der Waals surface area contributed by atoms with E-state index in [0.717, 1.165) is 0 Å². The van der Waals surface area contributed by atoms with Crippen molar-refractivity contribution in [2.24, 2.45) is 0 Å². The standard InChI is InChI=1S/C5H9NO2.C2H6O/c1-4(2)5(8)6-3-7;1-3-2/h7H,1,3H2,2H3,(H,6,8);1-2H3. The Morgan fingerprint density at radius 3 is 2.09 bits per heavy atom. The topological polar surface area (TPSA) is 58.6 Å². The van der Waals surface area contributed by atoms with E-state index in [9.17, 15) is 4.79 Å². The summed E-state index contributed by atoms with van der Waals surface area (Å²) in [6, 6.07) is 0. The second-order valence-electron chi connectivity index (χ2n) is 1.85. The molecule has 66 valence electrons. The Bertz CT molecular complexity index is 123. The summed E-state index contributed by atoms with van der Waals surface area (Å²) in [6.45, 7) is 4.60. The van der Waals surface area contributed by atoms with E-state index in [1.807, 2.05) is 0 Å². The second-order valence-corrected chi connectivity index (χ2v) is 1.85. The minimum Gasteiger partial charge on any atom is -0.388 e. The number of amides is 1. The lowest BCUT2D eigenvalue weighted by molar-refractivity contribution is -0.118. The predicted molar refractivity (Wildman–Crippen MR) is 43.0 cm³/mol. The van der Waals surface area contributed by atoms with Crippen LogP contribution in [0.3, 0.4) is 0 Å². The molecule has 11 heavy (non-hydrogen) atoms. The molecule has 0 aliphatic rings. The van der Waals surface area contributed by atoms with Crippen molar-refractivity contribution >= 4 is 5.91 Å². The highest BCUT2D eigenvalue weighted by Gasteiger charge is 1.95. The molecule has 0 bridgehead atoms. The van der Waals surface area contributed by atoms with Gasteiger partial charge in [0.2, 0.25) is 5.91 Å². The molecule has 4 heteroatoms. The fourth-order valence-electron chi connectivity index (χ4n) is 0.223. The van der Waals surface area contributed by atoms with Crippen molar-refractivity contribution in [2.45, 2.75) is 6.92 Å². The third kappa shape index (κ3) is 12.4. The van der Waals surface area contributed by atoms with Gasteiger partial charge in [-0.2, -0.15) is 0 Å². The molecule has 0 aromatic rings. The minimum atomic E-state index is -0.328. The van der Waals surface area contributed by atoms with E-state index < -0.39 is 0 Å². The van der Waals surface area contributed by atoms with Crippen LogP contribution in [0.2, 0.25) is 0 Å². The molecule has 0 fully saturated rings. The summed E-state index contributed by atoms with van der Waals surface area (Å²) >= 11 is 0. The molecule has 0 aliphatic carbocycles. The zero-order valence-corrected chi connectivity index (χ0v) is 7.18. The van der Waals surface area contributed by atoms with Crippen molar-refractivity contribution in [3.63, 3.8) is 0 Å². The third-order valence-electron chi connectivity index (χ3n) is 0.627. The van der Waals surface area contributed by atoms with Crippen LogP contribution in [-0.4, -0.2) is 32.0 Å². The van der Waals surface area contributed by atoms with Crippen LogP contribution >= 0.6 is 0 Å². The fraction of sp³-hybridized carbons (Fsp3) is 0.571. The highest BCUT2D eigenvalue weighted by atomic mass is 16.4. The van der Waals surface area contributed by atoms with Gasteiger partial charge in [0, 0.05) is 19.8 Å². The van der Waals surface area contributed by atoms with Crippen LogP contribution in [0, 0.1) is 0 Å². The van der Waals surface area contributed by atoms with Crippen LogP contribution in [0.5, 0.6) is 0 Å². The number of hydrogen-bond donors (Lipinski definition) is 2. The number of methoxy groups -OCH3 is 1. The van der Waals surface area contributed by atoms with Crippen LogP contribution in [0.4, 0.5) is 0 Å². The van der Waals surface area contributed by atoms with Crippen LogP contribution in [-0.2, 0) is 9.53 Å². The van der Waals surface area contributed by atoms with E-state index in [1.54, 1.807) is 21.1 Å². The van der Waals surface area contributed by atoms with E-state index in [-0.39, 0.29) is 12.6 Å². The number of rotatable bonds is 2. The van der Waals surface area contributed by atoms with Gasteiger partial charge in [-0.05, 0) is 6.92 Å². The fourth-order valence-corrected chi connectivity index (χ4v) is 0.223.